The summed E-state index contributed by atoms with van der Waals surface area (Å²) < 4.78 is 18.4. The molecule has 1 atom stereocenters. The van der Waals surface area contributed by atoms with E-state index in [4.69, 9.17) is 4.74 Å². The second-order valence-electron chi connectivity index (χ2n) is 6.45. The van der Waals surface area contributed by atoms with Crippen molar-refractivity contribution in [2.45, 2.75) is 18.9 Å². The van der Waals surface area contributed by atoms with Crippen LogP contribution in [-0.2, 0) is 9.59 Å². The maximum atomic E-state index is 13.0. The molecule has 0 saturated heterocycles. The summed E-state index contributed by atoms with van der Waals surface area (Å²) >= 11 is 0. The minimum Gasteiger partial charge on any atom is -0.481 e. The summed E-state index contributed by atoms with van der Waals surface area (Å²) in [6, 6.07) is 24.0. The summed E-state index contributed by atoms with van der Waals surface area (Å²) in [7, 11) is 0. The summed E-state index contributed by atoms with van der Waals surface area (Å²) in [5.74, 6) is -1.51. The lowest BCUT2D eigenvalue weighted by molar-refractivity contribution is -0.133. The quantitative estimate of drug-likeness (QED) is 0.630. The fourth-order valence-electron chi connectivity index (χ4n) is 2.85. The molecule has 29 heavy (non-hydrogen) atoms. The number of benzene rings is 3. The minimum atomic E-state index is -0.882. The summed E-state index contributed by atoms with van der Waals surface area (Å²) in [4.78, 5) is 25.1. The van der Waals surface area contributed by atoms with Gasteiger partial charge in [-0.3, -0.25) is 20.4 Å². The molecule has 0 bridgehead atoms. The smallest absolute Gasteiger partial charge is 0.279 e. The molecule has 3 rings (SSSR count). The highest BCUT2D eigenvalue weighted by Crippen LogP contribution is 2.24. The second-order valence-corrected chi connectivity index (χ2v) is 6.45. The lowest BCUT2D eigenvalue weighted by atomic mass is 9.91. The van der Waals surface area contributed by atoms with Crippen molar-refractivity contribution in [3.63, 3.8) is 0 Å². The van der Waals surface area contributed by atoms with Gasteiger partial charge in [-0.2, -0.15) is 0 Å². The highest BCUT2D eigenvalue weighted by Gasteiger charge is 2.24. The van der Waals surface area contributed by atoms with E-state index in [2.05, 4.69) is 10.9 Å². The Hall–Kier alpha value is -3.67. The highest BCUT2D eigenvalue weighted by atomic mass is 19.1. The minimum absolute atomic E-state index is 0.354. The van der Waals surface area contributed by atoms with Crippen LogP contribution >= 0.6 is 0 Å². The number of carbonyl (C=O) groups excluding carboxylic acids is 2. The van der Waals surface area contributed by atoms with Gasteiger partial charge in [0.25, 0.3) is 5.91 Å². The first-order valence-electron chi connectivity index (χ1n) is 9.16. The first-order valence-corrected chi connectivity index (χ1v) is 9.16. The molecule has 2 amide bonds. The predicted molar refractivity (Wildman–Crippen MR) is 108 cm³/mol. The Morgan fingerprint density at radius 3 is 1.76 bits per heavy atom. The summed E-state index contributed by atoms with van der Waals surface area (Å²) in [6.45, 7) is 1.54. The van der Waals surface area contributed by atoms with Crippen LogP contribution in [0.1, 0.15) is 24.0 Å². The molecular weight excluding hydrogens is 371 g/mol. The zero-order chi connectivity index (χ0) is 20.6. The van der Waals surface area contributed by atoms with E-state index in [1.165, 1.54) is 31.2 Å². The van der Waals surface area contributed by atoms with Crippen molar-refractivity contribution < 1.29 is 18.7 Å². The van der Waals surface area contributed by atoms with Gasteiger partial charge in [-0.25, -0.2) is 4.39 Å². The number of hydrogen-bond acceptors (Lipinski definition) is 3. The number of halogens is 1. The first kappa shape index (κ1) is 20.1. The highest BCUT2D eigenvalue weighted by molar-refractivity contribution is 5.90. The van der Waals surface area contributed by atoms with Crippen LogP contribution in [0.25, 0.3) is 0 Å². The number of rotatable bonds is 6. The SMILES string of the molecule is C[C@H](Oc1ccc(F)cc1)C(=O)NNC(=O)C(c1ccccc1)c1ccccc1. The maximum Gasteiger partial charge on any atom is 0.279 e. The Balaban J connectivity index is 1.65. The van der Waals surface area contributed by atoms with Gasteiger partial charge in [0.15, 0.2) is 6.10 Å². The van der Waals surface area contributed by atoms with Crippen LogP contribution in [0.3, 0.4) is 0 Å². The van der Waals surface area contributed by atoms with E-state index in [-0.39, 0.29) is 5.91 Å². The Morgan fingerprint density at radius 2 is 1.24 bits per heavy atom. The van der Waals surface area contributed by atoms with Crippen LogP contribution in [0.5, 0.6) is 5.75 Å². The van der Waals surface area contributed by atoms with E-state index in [0.717, 1.165) is 11.1 Å². The molecule has 3 aromatic carbocycles. The molecule has 148 valence electrons. The molecule has 0 spiro atoms. The molecule has 0 saturated carbocycles. The van der Waals surface area contributed by atoms with E-state index in [0.29, 0.717) is 5.75 Å². The largest absolute Gasteiger partial charge is 0.481 e. The molecule has 5 nitrogen and oxygen atoms in total. The number of nitrogens with one attached hydrogen (secondary N) is 2. The average Bonchev–Trinajstić information content (AvgIpc) is 2.75. The number of amides is 2. The lowest BCUT2D eigenvalue weighted by Crippen LogP contribution is -2.48. The van der Waals surface area contributed by atoms with Gasteiger partial charge >= 0.3 is 0 Å². The number of carbonyl (C=O) groups is 2. The van der Waals surface area contributed by atoms with Crippen molar-refractivity contribution in [1.82, 2.24) is 10.9 Å². The molecule has 0 unspecified atom stereocenters. The van der Waals surface area contributed by atoms with E-state index >= 15 is 0 Å². The van der Waals surface area contributed by atoms with Crippen molar-refractivity contribution in [2.24, 2.45) is 0 Å². The molecule has 0 aliphatic heterocycles. The third kappa shape index (κ3) is 5.42. The topological polar surface area (TPSA) is 67.4 Å². The van der Waals surface area contributed by atoms with Gasteiger partial charge < -0.3 is 4.74 Å². The number of ether oxygens (including phenoxy) is 1. The number of hydrazine groups is 1. The second kappa shape index (κ2) is 9.50. The fourth-order valence-corrected chi connectivity index (χ4v) is 2.85. The Kier molecular flexibility index (Phi) is 6.58. The fraction of sp³-hybridized carbons (Fsp3) is 0.130. The van der Waals surface area contributed by atoms with Crippen LogP contribution in [0.4, 0.5) is 4.39 Å². The van der Waals surface area contributed by atoms with Gasteiger partial charge in [-0.05, 0) is 42.3 Å². The maximum absolute atomic E-state index is 13.0. The molecule has 2 N–H and O–H groups in total. The average molecular weight is 392 g/mol. The van der Waals surface area contributed by atoms with Gasteiger partial charge in [-0.15, -0.1) is 0 Å². The van der Waals surface area contributed by atoms with E-state index in [1.54, 1.807) is 0 Å². The lowest BCUT2D eigenvalue weighted by Gasteiger charge is -2.19. The molecule has 0 heterocycles. The van der Waals surface area contributed by atoms with Gasteiger partial charge in [0, 0.05) is 0 Å². The molecule has 0 aliphatic carbocycles. The van der Waals surface area contributed by atoms with Crippen LogP contribution in [0, 0.1) is 5.82 Å². The van der Waals surface area contributed by atoms with Gasteiger partial charge in [0.2, 0.25) is 5.91 Å². The predicted octanol–water partition coefficient (Wildman–Crippen LogP) is 3.57. The normalized spacial score (nSPS) is 11.6. The monoisotopic (exact) mass is 392 g/mol. The van der Waals surface area contributed by atoms with Crippen molar-refractivity contribution in [2.75, 3.05) is 0 Å². The Labute approximate surface area is 168 Å². The zero-order valence-corrected chi connectivity index (χ0v) is 15.8. The van der Waals surface area contributed by atoms with E-state index < -0.39 is 23.7 Å². The van der Waals surface area contributed by atoms with Crippen LogP contribution in [-0.4, -0.2) is 17.9 Å². The standard InChI is InChI=1S/C23H21FN2O3/c1-16(29-20-14-12-19(24)13-15-20)22(27)25-26-23(28)21(17-8-4-2-5-9-17)18-10-6-3-7-11-18/h2-16,21H,1H3,(H,25,27)(H,26,28)/t16-/m0/s1. The number of hydrogen-bond donors (Lipinski definition) is 2. The van der Waals surface area contributed by atoms with Gasteiger partial charge in [0.1, 0.15) is 11.6 Å². The first-order chi connectivity index (χ1) is 14.0. The van der Waals surface area contributed by atoms with Gasteiger partial charge in [0.05, 0.1) is 5.92 Å². The molecule has 0 fully saturated rings. The Bertz CT molecular complexity index is 907. The van der Waals surface area contributed by atoms with Crippen molar-refractivity contribution in [1.29, 1.82) is 0 Å². The summed E-state index contributed by atoms with van der Waals surface area (Å²) in [5, 5.41) is 0. The molecule has 0 aliphatic rings. The van der Waals surface area contributed by atoms with E-state index in [1.807, 2.05) is 60.7 Å². The van der Waals surface area contributed by atoms with Crippen LogP contribution < -0.4 is 15.6 Å². The molecule has 0 radical (unpaired) electrons. The molecule has 3 aromatic rings. The van der Waals surface area contributed by atoms with Crippen LogP contribution in [0.15, 0.2) is 84.9 Å². The summed E-state index contributed by atoms with van der Waals surface area (Å²) in [5.41, 5.74) is 6.49. The summed E-state index contributed by atoms with van der Waals surface area (Å²) in [6.07, 6.45) is -0.882. The molecule has 0 aromatic heterocycles. The molecule has 6 heteroatoms. The van der Waals surface area contributed by atoms with Crippen molar-refractivity contribution in [3.8, 4) is 5.75 Å². The van der Waals surface area contributed by atoms with Crippen molar-refractivity contribution in [3.05, 3.63) is 102 Å². The Morgan fingerprint density at radius 1 is 0.759 bits per heavy atom. The molecular formula is C23H21FN2O3. The van der Waals surface area contributed by atoms with Crippen LogP contribution in [0.2, 0.25) is 0 Å². The van der Waals surface area contributed by atoms with Crippen molar-refractivity contribution >= 4 is 11.8 Å². The van der Waals surface area contributed by atoms with E-state index in [9.17, 15) is 14.0 Å². The third-order valence-electron chi connectivity index (χ3n) is 4.33. The third-order valence-corrected chi connectivity index (χ3v) is 4.33. The van der Waals surface area contributed by atoms with Gasteiger partial charge in [-0.1, -0.05) is 60.7 Å². The zero-order valence-electron chi connectivity index (χ0n) is 15.8.